The predicted molar refractivity (Wildman–Crippen MR) is 250 cm³/mol. The van der Waals surface area contributed by atoms with Crippen LogP contribution >= 0.6 is 0 Å². The van der Waals surface area contributed by atoms with E-state index in [1.54, 1.807) is 0 Å². The summed E-state index contributed by atoms with van der Waals surface area (Å²) >= 11 is 0. The number of ether oxygens (including phenoxy) is 1. The average Bonchev–Trinajstić information content (AvgIpc) is 3.20. The molecule has 0 unspecified atom stereocenters. The fourth-order valence-electron chi connectivity index (χ4n) is 8.28. The molecule has 334 valence electrons. The van der Waals surface area contributed by atoms with Gasteiger partial charge in [0.15, 0.2) is 0 Å². The van der Waals surface area contributed by atoms with Crippen molar-refractivity contribution in [3.63, 3.8) is 0 Å². The van der Waals surface area contributed by atoms with Crippen molar-refractivity contribution < 1.29 is 14.6 Å². The molecule has 0 amide bonds. The van der Waals surface area contributed by atoms with Gasteiger partial charge in [-0.1, -0.05) is 276 Å². The number of carbonyl (C=O) groups is 1. The molecule has 56 heavy (non-hydrogen) atoms. The van der Waals surface area contributed by atoms with E-state index in [2.05, 4.69) is 19.1 Å². The van der Waals surface area contributed by atoms with Gasteiger partial charge in [-0.3, -0.25) is 4.79 Å². The molecule has 0 saturated carbocycles. The Morgan fingerprint density at radius 3 is 0.893 bits per heavy atom. The van der Waals surface area contributed by atoms with E-state index in [9.17, 15) is 4.79 Å². The SMILES string of the molecule is CCCCC=CCCCCCCCC(=O)OCCCCCCCCCCCCCCCCCCCCCCCCCCCCCCCCCCCCCCCO. The molecule has 3 nitrogen and oxygen atoms in total. The Balaban J connectivity index is 3.12. The van der Waals surface area contributed by atoms with Crippen LogP contribution in [0.2, 0.25) is 0 Å². The molecule has 0 aliphatic rings. The zero-order valence-corrected chi connectivity index (χ0v) is 38.6. The number of hydrogen-bond acceptors (Lipinski definition) is 3. The van der Waals surface area contributed by atoms with Gasteiger partial charge in [0.2, 0.25) is 0 Å². The largest absolute Gasteiger partial charge is 0.466 e. The summed E-state index contributed by atoms with van der Waals surface area (Å²) in [6, 6.07) is 0. The molecule has 0 bridgehead atoms. The lowest BCUT2D eigenvalue weighted by atomic mass is 10.0. The van der Waals surface area contributed by atoms with Gasteiger partial charge in [-0.25, -0.2) is 0 Å². The fraction of sp³-hybridized carbons (Fsp3) is 0.943. The third-order valence-electron chi connectivity index (χ3n) is 12.2. The molecule has 0 atom stereocenters. The monoisotopic (exact) mass is 789 g/mol. The molecule has 1 N–H and O–H groups in total. The van der Waals surface area contributed by atoms with Crippen LogP contribution in [-0.2, 0) is 9.53 Å². The first-order valence-corrected chi connectivity index (χ1v) is 26.2. The van der Waals surface area contributed by atoms with Crippen LogP contribution in [0.15, 0.2) is 12.2 Å². The zero-order valence-electron chi connectivity index (χ0n) is 38.6. The van der Waals surface area contributed by atoms with Crippen molar-refractivity contribution in [1.29, 1.82) is 0 Å². The number of carbonyl (C=O) groups excluding carboxylic acids is 1. The van der Waals surface area contributed by atoms with Crippen LogP contribution < -0.4 is 0 Å². The second kappa shape index (κ2) is 52.2. The highest BCUT2D eigenvalue weighted by molar-refractivity contribution is 5.69. The first kappa shape index (κ1) is 55.2. The smallest absolute Gasteiger partial charge is 0.305 e. The normalized spacial score (nSPS) is 11.7. The number of unbranched alkanes of at least 4 members (excludes halogenated alkanes) is 43. The first-order valence-electron chi connectivity index (χ1n) is 26.2. The van der Waals surface area contributed by atoms with Gasteiger partial charge in [-0.05, 0) is 38.5 Å². The quantitative estimate of drug-likeness (QED) is 0.0379. The molecule has 0 aliphatic heterocycles. The summed E-state index contributed by atoms with van der Waals surface area (Å²) in [7, 11) is 0. The summed E-state index contributed by atoms with van der Waals surface area (Å²) in [5, 5.41) is 8.82. The molecule has 0 aromatic carbocycles. The molecule has 0 aromatic heterocycles. The van der Waals surface area contributed by atoms with Crippen LogP contribution in [0.4, 0.5) is 0 Å². The highest BCUT2D eigenvalue weighted by Gasteiger charge is 2.03. The van der Waals surface area contributed by atoms with Gasteiger partial charge < -0.3 is 9.84 Å². The van der Waals surface area contributed by atoms with Gasteiger partial charge in [0.05, 0.1) is 6.61 Å². The molecule has 0 saturated heterocycles. The molecule has 0 rings (SSSR count). The van der Waals surface area contributed by atoms with Crippen molar-refractivity contribution in [2.45, 2.75) is 309 Å². The summed E-state index contributed by atoms with van der Waals surface area (Å²) in [5.41, 5.74) is 0. The maximum absolute atomic E-state index is 12.0. The van der Waals surface area contributed by atoms with Crippen molar-refractivity contribution in [2.75, 3.05) is 13.2 Å². The number of aliphatic hydroxyl groups excluding tert-OH is 1. The number of rotatable bonds is 50. The molecule has 0 radical (unpaired) electrons. The van der Waals surface area contributed by atoms with Crippen LogP contribution in [0.1, 0.15) is 309 Å². The minimum absolute atomic E-state index is 0.0166. The van der Waals surface area contributed by atoms with Crippen molar-refractivity contribution >= 4 is 5.97 Å². The van der Waals surface area contributed by atoms with Crippen LogP contribution in [0, 0.1) is 0 Å². The van der Waals surface area contributed by atoms with Crippen molar-refractivity contribution in [3.8, 4) is 0 Å². The molecule has 3 heteroatoms. The van der Waals surface area contributed by atoms with Gasteiger partial charge >= 0.3 is 5.97 Å². The first-order chi connectivity index (χ1) is 27.8. The average molecular weight is 789 g/mol. The maximum Gasteiger partial charge on any atom is 0.305 e. The van der Waals surface area contributed by atoms with E-state index in [1.165, 1.54) is 270 Å². The number of esters is 1. The predicted octanol–water partition coefficient (Wildman–Crippen LogP) is 18.4. The van der Waals surface area contributed by atoms with E-state index in [1.807, 2.05) is 0 Å². The van der Waals surface area contributed by atoms with Crippen molar-refractivity contribution in [3.05, 3.63) is 12.2 Å². The van der Waals surface area contributed by atoms with Crippen molar-refractivity contribution in [2.24, 2.45) is 0 Å². The van der Waals surface area contributed by atoms with Crippen LogP contribution in [0.3, 0.4) is 0 Å². The second-order valence-corrected chi connectivity index (χ2v) is 17.9. The highest BCUT2D eigenvalue weighted by atomic mass is 16.5. The Morgan fingerprint density at radius 2 is 0.589 bits per heavy atom. The minimum atomic E-state index is 0.0166. The Bertz CT molecular complexity index is 732. The van der Waals surface area contributed by atoms with Crippen molar-refractivity contribution in [1.82, 2.24) is 0 Å². The van der Waals surface area contributed by atoms with Gasteiger partial charge in [-0.2, -0.15) is 0 Å². The molecule has 0 fully saturated rings. The summed E-state index contributed by atoms with van der Waals surface area (Å²) in [5.74, 6) is 0.0166. The molecule has 0 aliphatic carbocycles. The van der Waals surface area contributed by atoms with E-state index in [4.69, 9.17) is 9.84 Å². The lowest BCUT2D eigenvalue weighted by Crippen LogP contribution is -2.05. The topological polar surface area (TPSA) is 46.5 Å². The Labute approximate surface area is 353 Å². The number of allylic oxidation sites excluding steroid dienone is 2. The summed E-state index contributed by atoms with van der Waals surface area (Å²) < 4.78 is 5.46. The van der Waals surface area contributed by atoms with E-state index in [0.717, 1.165) is 25.7 Å². The Hall–Kier alpha value is -0.830. The number of aliphatic hydroxyl groups is 1. The molecule has 0 aromatic rings. The van der Waals surface area contributed by atoms with Gasteiger partial charge in [0.25, 0.3) is 0 Å². The molecular weight excluding hydrogens is 685 g/mol. The third kappa shape index (κ3) is 51.2. The fourth-order valence-corrected chi connectivity index (χ4v) is 8.28. The summed E-state index contributed by atoms with van der Waals surface area (Å²) in [6.07, 6.45) is 68.2. The molecule has 0 heterocycles. The lowest BCUT2D eigenvalue weighted by molar-refractivity contribution is -0.143. The summed E-state index contributed by atoms with van der Waals surface area (Å²) in [6.45, 7) is 3.24. The minimum Gasteiger partial charge on any atom is -0.466 e. The van der Waals surface area contributed by atoms with E-state index in [0.29, 0.717) is 19.6 Å². The van der Waals surface area contributed by atoms with Crippen LogP contribution in [-0.4, -0.2) is 24.3 Å². The van der Waals surface area contributed by atoms with Gasteiger partial charge in [0, 0.05) is 13.0 Å². The highest BCUT2D eigenvalue weighted by Crippen LogP contribution is 2.18. The lowest BCUT2D eigenvalue weighted by Gasteiger charge is -2.06. The van der Waals surface area contributed by atoms with Crippen LogP contribution in [0.5, 0.6) is 0 Å². The standard InChI is InChI=1S/C53H104O3/c1-2-3-4-5-6-7-35-38-41-44-47-50-53(55)56-52-49-46-43-40-37-34-32-30-28-26-24-22-20-18-16-14-12-10-8-9-11-13-15-17-19-21-23-25-27-29-31-33-36-39-42-45-48-51-54/h5-6,54H,2-4,7-52H2,1H3. The van der Waals surface area contributed by atoms with E-state index < -0.39 is 0 Å². The van der Waals surface area contributed by atoms with Gasteiger partial charge in [-0.15, -0.1) is 0 Å². The van der Waals surface area contributed by atoms with E-state index >= 15 is 0 Å². The van der Waals surface area contributed by atoms with Gasteiger partial charge in [0.1, 0.15) is 0 Å². The Morgan fingerprint density at radius 1 is 0.339 bits per heavy atom. The third-order valence-corrected chi connectivity index (χ3v) is 12.2. The molecule has 0 spiro atoms. The van der Waals surface area contributed by atoms with Crippen LogP contribution in [0.25, 0.3) is 0 Å². The van der Waals surface area contributed by atoms with E-state index in [-0.39, 0.29) is 5.97 Å². The molecular formula is C53H104O3. The zero-order chi connectivity index (χ0) is 40.3. The summed E-state index contributed by atoms with van der Waals surface area (Å²) in [4.78, 5) is 12.0. The maximum atomic E-state index is 12.0. The second-order valence-electron chi connectivity index (χ2n) is 17.9. The Kier molecular flexibility index (Phi) is 51.4. The number of hydrogen-bond donors (Lipinski definition) is 1.